The highest BCUT2D eigenvalue weighted by Crippen LogP contribution is 2.29. The molecule has 0 saturated carbocycles. The Balaban J connectivity index is 1.73. The van der Waals surface area contributed by atoms with E-state index in [0.717, 1.165) is 6.07 Å². The molecule has 5 heteroatoms. The lowest BCUT2D eigenvalue weighted by molar-refractivity contribution is 0.0824. The second-order valence-electron chi connectivity index (χ2n) is 5.80. The fourth-order valence-electron chi connectivity index (χ4n) is 3.04. The van der Waals surface area contributed by atoms with Crippen LogP contribution in [-0.4, -0.2) is 17.6 Å². The molecule has 3 rings (SSSR count). The van der Waals surface area contributed by atoms with E-state index in [-0.39, 0.29) is 24.4 Å². The third-order valence-corrected chi connectivity index (χ3v) is 4.05. The van der Waals surface area contributed by atoms with Gasteiger partial charge in [0.2, 0.25) is 0 Å². The molecule has 3 nitrogen and oxygen atoms in total. The highest BCUT2D eigenvalue weighted by atomic mass is 19.1. The molecule has 118 valence electrons. The van der Waals surface area contributed by atoms with E-state index in [1.807, 2.05) is 0 Å². The van der Waals surface area contributed by atoms with Crippen molar-refractivity contribution in [2.75, 3.05) is 0 Å². The van der Waals surface area contributed by atoms with Crippen LogP contribution in [0.25, 0.3) is 0 Å². The molecule has 0 fully saturated rings. The summed E-state index contributed by atoms with van der Waals surface area (Å²) in [6.07, 6.45) is 0.354. The first-order valence-electron chi connectivity index (χ1n) is 7.33. The maximum Gasteiger partial charge on any atom is 0.174 e. The van der Waals surface area contributed by atoms with Crippen molar-refractivity contribution in [3.63, 3.8) is 0 Å². The third-order valence-electron chi connectivity index (χ3n) is 4.05. The number of rotatable bonds is 4. The maximum absolute atomic E-state index is 13.2. The molecule has 1 aliphatic carbocycles. The van der Waals surface area contributed by atoms with Crippen LogP contribution in [0.4, 0.5) is 8.78 Å². The van der Waals surface area contributed by atoms with Gasteiger partial charge in [0.05, 0.1) is 5.92 Å². The predicted molar refractivity (Wildman–Crippen MR) is 81.2 cm³/mol. The monoisotopic (exact) mass is 315 g/mol. The minimum atomic E-state index is -0.805. The summed E-state index contributed by atoms with van der Waals surface area (Å²) >= 11 is 0. The van der Waals surface area contributed by atoms with Gasteiger partial charge in [-0.3, -0.25) is 9.59 Å². The molecule has 2 aromatic carbocycles. The first-order valence-corrected chi connectivity index (χ1v) is 7.33. The molecule has 0 unspecified atom stereocenters. The molecule has 1 atom stereocenters. The normalized spacial score (nSPS) is 15.8. The van der Waals surface area contributed by atoms with E-state index in [9.17, 15) is 18.4 Å². The summed E-state index contributed by atoms with van der Waals surface area (Å²) in [5.41, 5.74) is 7.25. The summed E-state index contributed by atoms with van der Waals surface area (Å²) in [7, 11) is 0. The standard InChI is InChI=1S/C18H15F2NO2/c19-11-5-10(6-12(20)8-11)7-13(21)9-16-17(22)14-3-1-2-4-15(14)18(16)23/h1-6,8,13,16H,7,9,21H2/t13-/m0/s1. The summed E-state index contributed by atoms with van der Waals surface area (Å²) in [5.74, 6) is -2.61. The molecule has 1 aliphatic rings. The van der Waals surface area contributed by atoms with Crippen LogP contribution < -0.4 is 5.73 Å². The molecule has 0 bridgehead atoms. The van der Waals surface area contributed by atoms with Crippen molar-refractivity contribution in [1.82, 2.24) is 0 Å². The van der Waals surface area contributed by atoms with Gasteiger partial charge in [0, 0.05) is 23.2 Å². The van der Waals surface area contributed by atoms with Crippen LogP contribution in [0.5, 0.6) is 0 Å². The highest BCUT2D eigenvalue weighted by Gasteiger charge is 2.38. The lowest BCUT2D eigenvalue weighted by atomic mass is 9.92. The molecule has 2 aromatic rings. The Morgan fingerprint density at radius 3 is 2.00 bits per heavy atom. The van der Waals surface area contributed by atoms with Gasteiger partial charge in [-0.1, -0.05) is 24.3 Å². The van der Waals surface area contributed by atoms with E-state index in [1.54, 1.807) is 24.3 Å². The molecule has 0 aliphatic heterocycles. The smallest absolute Gasteiger partial charge is 0.174 e. The van der Waals surface area contributed by atoms with Crippen molar-refractivity contribution in [3.05, 3.63) is 70.8 Å². The number of carbonyl (C=O) groups is 2. The Hall–Kier alpha value is -2.40. The molecule has 2 N–H and O–H groups in total. The Bertz CT molecular complexity index is 733. The average Bonchev–Trinajstić information content (AvgIpc) is 2.72. The van der Waals surface area contributed by atoms with E-state index in [1.165, 1.54) is 12.1 Å². The maximum atomic E-state index is 13.2. The Morgan fingerprint density at radius 2 is 1.48 bits per heavy atom. The van der Waals surface area contributed by atoms with Gasteiger partial charge >= 0.3 is 0 Å². The van der Waals surface area contributed by atoms with E-state index >= 15 is 0 Å². The van der Waals surface area contributed by atoms with Gasteiger partial charge in [-0.15, -0.1) is 0 Å². The summed E-state index contributed by atoms with van der Waals surface area (Å²) in [5, 5.41) is 0. The first kappa shape index (κ1) is 15.5. The summed E-state index contributed by atoms with van der Waals surface area (Å²) < 4.78 is 26.4. The zero-order valence-electron chi connectivity index (χ0n) is 12.3. The number of halogens is 2. The minimum absolute atomic E-state index is 0.157. The topological polar surface area (TPSA) is 60.2 Å². The minimum Gasteiger partial charge on any atom is -0.327 e. The van der Waals surface area contributed by atoms with Crippen LogP contribution in [-0.2, 0) is 6.42 Å². The Labute approximate surface area is 132 Å². The summed E-state index contributed by atoms with van der Waals surface area (Å²) in [4.78, 5) is 24.6. The fourth-order valence-corrected chi connectivity index (χ4v) is 3.04. The van der Waals surface area contributed by atoms with Gasteiger partial charge in [-0.25, -0.2) is 8.78 Å². The number of carbonyl (C=O) groups excluding carboxylic acids is 2. The second kappa shape index (κ2) is 6.01. The number of Topliss-reactive ketones (excluding diaryl/α,β-unsaturated/α-hetero) is 2. The van der Waals surface area contributed by atoms with Crippen LogP contribution in [0.3, 0.4) is 0 Å². The Morgan fingerprint density at radius 1 is 0.957 bits per heavy atom. The molecule has 0 radical (unpaired) electrons. The van der Waals surface area contributed by atoms with Crippen LogP contribution >= 0.6 is 0 Å². The fraction of sp³-hybridized carbons (Fsp3) is 0.222. The van der Waals surface area contributed by atoms with Gasteiger partial charge in [0.15, 0.2) is 11.6 Å². The lowest BCUT2D eigenvalue weighted by Crippen LogP contribution is -2.30. The van der Waals surface area contributed by atoms with Crippen LogP contribution in [0, 0.1) is 17.6 Å². The largest absolute Gasteiger partial charge is 0.327 e. The number of fused-ring (bicyclic) bond motifs is 1. The lowest BCUT2D eigenvalue weighted by Gasteiger charge is -2.15. The second-order valence-corrected chi connectivity index (χ2v) is 5.80. The van der Waals surface area contributed by atoms with Crippen LogP contribution in [0.15, 0.2) is 42.5 Å². The third kappa shape index (κ3) is 3.05. The molecule has 23 heavy (non-hydrogen) atoms. The number of hydrogen-bond donors (Lipinski definition) is 1. The van der Waals surface area contributed by atoms with E-state index in [4.69, 9.17) is 5.73 Å². The van der Waals surface area contributed by atoms with E-state index in [0.29, 0.717) is 16.7 Å². The molecular formula is C18H15F2NO2. The average molecular weight is 315 g/mol. The molecular weight excluding hydrogens is 300 g/mol. The van der Waals surface area contributed by atoms with E-state index in [2.05, 4.69) is 0 Å². The molecule has 0 amide bonds. The van der Waals surface area contributed by atoms with Gasteiger partial charge in [-0.05, 0) is 30.5 Å². The number of benzene rings is 2. The van der Waals surface area contributed by atoms with Crippen LogP contribution in [0.1, 0.15) is 32.7 Å². The van der Waals surface area contributed by atoms with Gasteiger partial charge in [0.25, 0.3) is 0 Å². The number of hydrogen-bond acceptors (Lipinski definition) is 3. The summed E-state index contributed by atoms with van der Waals surface area (Å²) in [6.45, 7) is 0. The van der Waals surface area contributed by atoms with Crippen molar-refractivity contribution in [1.29, 1.82) is 0 Å². The molecule has 0 heterocycles. The van der Waals surface area contributed by atoms with Gasteiger partial charge in [-0.2, -0.15) is 0 Å². The molecule has 0 spiro atoms. The van der Waals surface area contributed by atoms with Crippen molar-refractivity contribution in [3.8, 4) is 0 Å². The van der Waals surface area contributed by atoms with Gasteiger partial charge < -0.3 is 5.73 Å². The zero-order valence-corrected chi connectivity index (χ0v) is 12.3. The number of nitrogens with two attached hydrogens (primary N) is 1. The Kier molecular flexibility index (Phi) is 4.05. The van der Waals surface area contributed by atoms with Gasteiger partial charge in [0.1, 0.15) is 11.6 Å². The molecule has 0 aromatic heterocycles. The van der Waals surface area contributed by atoms with E-state index < -0.39 is 23.6 Å². The zero-order chi connectivity index (χ0) is 16.6. The van der Waals surface area contributed by atoms with Crippen molar-refractivity contribution in [2.24, 2.45) is 11.7 Å². The predicted octanol–water partition coefficient (Wildman–Crippen LogP) is 2.92. The number of ketones is 2. The molecule has 0 saturated heterocycles. The summed E-state index contributed by atoms with van der Waals surface area (Å²) in [6, 6.07) is 9.33. The first-order chi connectivity index (χ1) is 11.0. The van der Waals surface area contributed by atoms with Crippen molar-refractivity contribution < 1.29 is 18.4 Å². The van der Waals surface area contributed by atoms with Crippen LogP contribution in [0.2, 0.25) is 0 Å². The van der Waals surface area contributed by atoms with Crippen molar-refractivity contribution in [2.45, 2.75) is 18.9 Å². The highest BCUT2D eigenvalue weighted by molar-refractivity contribution is 6.26. The SMILES string of the molecule is N[C@@H](Cc1cc(F)cc(F)c1)CC1C(=O)c2ccccc2C1=O. The quantitative estimate of drug-likeness (QED) is 0.883. The van der Waals surface area contributed by atoms with Crippen molar-refractivity contribution >= 4 is 11.6 Å².